The highest BCUT2D eigenvalue weighted by molar-refractivity contribution is 5.80. The highest BCUT2D eigenvalue weighted by atomic mass is 16.3. The number of rotatable bonds is 4. The van der Waals surface area contributed by atoms with Crippen LogP contribution in [0.2, 0.25) is 0 Å². The first-order valence-corrected chi connectivity index (χ1v) is 9.06. The molecule has 0 radical (unpaired) electrons. The largest absolute Gasteiger partial charge is 0.508 e. The monoisotopic (exact) mass is 349 g/mol. The third kappa shape index (κ3) is 3.38. The fraction of sp³-hybridized carbons (Fsp3) is 0.286. The summed E-state index contributed by atoms with van der Waals surface area (Å²) in [4.78, 5) is 16.8. The second kappa shape index (κ2) is 7.12. The smallest absolute Gasteiger partial charge is 0.224 e. The highest BCUT2D eigenvalue weighted by Gasteiger charge is 2.21. The van der Waals surface area contributed by atoms with Crippen LogP contribution in [-0.2, 0) is 11.3 Å². The van der Waals surface area contributed by atoms with Gasteiger partial charge in [-0.2, -0.15) is 0 Å². The topological polar surface area (TPSA) is 48.7 Å². The molecule has 0 atom stereocenters. The molecule has 0 saturated carbocycles. The van der Waals surface area contributed by atoms with E-state index in [1.807, 2.05) is 29.2 Å². The first-order valence-electron chi connectivity index (χ1n) is 9.06. The Kier molecular flexibility index (Phi) is 4.52. The molecule has 1 fully saturated rings. The van der Waals surface area contributed by atoms with E-state index in [2.05, 4.69) is 33.9 Å². The van der Waals surface area contributed by atoms with E-state index in [0.29, 0.717) is 13.0 Å². The lowest BCUT2D eigenvalue weighted by Gasteiger charge is -2.36. The Bertz CT molecular complexity index is 893. The molecule has 0 unspecified atom stereocenters. The van der Waals surface area contributed by atoms with Gasteiger partial charge in [0.2, 0.25) is 5.91 Å². The van der Waals surface area contributed by atoms with E-state index in [1.54, 1.807) is 12.1 Å². The predicted octanol–water partition coefficient (Wildman–Crippen LogP) is 3.09. The number of carbonyl (C=O) groups is 1. The number of piperazine rings is 1. The standard InChI is InChI=1S/C21H23N3O2/c25-19-7-5-18(6-8-19)22-13-15-24(16-14-22)21(26)10-12-23-11-9-17-3-1-2-4-20(17)23/h1-9,11,25H,10,12-16H2. The Balaban J connectivity index is 1.31. The number of hydrogen-bond acceptors (Lipinski definition) is 3. The van der Waals surface area contributed by atoms with Gasteiger partial charge in [-0.1, -0.05) is 18.2 Å². The van der Waals surface area contributed by atoms with Gasteiger partial charge in [0, 0.05) is 56.5 Å². The molecule has 0 spiro atoms. The van der Waals surface area contributed by atoms with Gasteiger partial charge in [0.15, 0.2) is 0 Å². The van der Waals surface area contributed by atoms with Crippen LogP contribution in [0.15, 0.2) is 60.8 Å². The van der Waals surface area contributed by atoms with Crippen molar-refractivity contribution in [1.82, 2.24) is 9.47 Å². The van der Waals surface area contributed by atoms with Gasteiger partial charge in [0.1, 0.15) is 5.75 Å². The number of hydrogen-bond donors (Lipinski definition) is 1. The summed E-state index contributed by atoms with van der Waals surface area (Å²) >= 11 is 0. The molecular formula is C21H23N3O2. The molecule has 1 aromatic heterocycles. The maximum Gasteiger partial charge on any atom is 0.224 e. The molecule has 4 rings (SSSR count). The highest BCUT2D eigenvalue weighted by Crippen LogP contribution is 2.20. The molecule has 5 nitrogen and oxygen atoms in total. The quantitative estimate of drug-likeness (QED) is 0.787. The number of phenols is 1. The average molecular weight is 349 g/mol. The van der Waals surface area contributed by atoms with E-state index in [9.17, 15) is 9.90 Å². The van der Waals surface area contributed by atoms with Crippen LogP contribution < -0.4 is 4.90 Å². The van der Waals surface area contributed by atoms with Crippen LogP contribution in [0.4, 0.5) is 5.69 Å². The fourth-order valence-electron chi connectivity index (χ4n) is 3.59. The van der Waals surface area contributed by atoms with Crippen molar-refractivity contribution in [3.05, 3.63) is 60.8 Å². The molecule has 1 aliphatic heterocycles. The van der Waals surface area contributed by atoms with Crippen LogP contribution in [0.1, 0.15) is 6.42 Å². The van der Waals surface area contributed by atoms with Gasteiger partial charge >= 0.3 is 0 Å². The normalized spacial score (nSPS) is 14.8. The summed E-state index contributed by atoms with van der Waals surface area (Å²) in [6, 6.07) is 17.6. The molecule has 1 amide bonds. The lowest BCUT2D eigenvalue weighted by Crippen LogP contribution is -2.48. The van der Waals surface area contributed by atoms with Crippen molar-refractivity contribution in [2.75, 3.05) is 31.1 Å². The third-order valence-corrected chi connectivity index (χ3v) is 5.09. The summed E-state index contributed by atoms with van der Waals surface area (Å²) in [5.41, 5.74) is 2.27. The molecule has 3 aromatic rings. The van der Waals surface area contributed by atoms with Crippen molar-refractivity contribution in [3.63, 3.8) is 0 Å². The number of anilines is 1. The molecule has 134 valence electrons. The number of benzene rings is 2. The molecule has 2 heterocycles. The van der Waals surface area contributed by atoms with Crippen LogP contribution in [0.25, 0.3) is 10.9 Å². The SMILES string of the molecule is O=C(CCn1ccc2ccccc21)N1CCN(c2ccc(O)cc2)CC1. The second-order valence-corrected chi connectivity index (χ2v) is 6.70. The molecular weight excluding hydrogens is 326 g/mol. The first-order chi connectivity index (χ1) is 12.7. The zero-order valence-corrected chi connectivity index (χ0v) is 14.7. The van der Waals surface area contributed by atoms with Gasteiger partial charge in [0.05, 0.1) is 0 Å². The van der Waals surface area contributed by atoms with Gasteiger partial charge in [-0.05, 0) is 41.8 Å². The predicted molar refractivity (Wildman–Crippen MR) is 103 cm³/mol. The van der Waals surface area contributed by atoms with E-state index in [-0.39, 0.29) is 11.7 Å². The minimum absolute atomic E-state index is 0.216. The zero-order valence-electron chi connectivity index (χ0n) is 14.7. The number of carbonyl (C=O) groups excluding carboxylic acids is 1. The van der Waals surface area contributed by atoms with E-state index < -0.39 is 0 Å². The zero-order chi connectivity index (χ0) is 17.9. The van der Waals surface area contributed by atoms with E-state index in [0.717, 1.165) is 31.9 Å². The summed E-state index contributed by atoms with van der Waals surface area (Å²) < 4.78 is 2.15. The summed E-state index contributed by atoms with van der Waals surface area (Å²) in [6.07, 6.45) is 2.58. The van der Waals surface area contributed by atoms with Crippen LogP contribution in [0.5, 0.6) is 5.75 Å². The molecule has 0 aliphatic carbocycles. The molecule has 1 saturated heterocycles. The first kappa shape index (κ1) is 16.5. The molecule has 26 heavy (non-hydrogen) atoms. The maximum absolute atomic E-state index is 12.6. The molecule has 5 heteroatoms. The summed E-state index contributed by atoms with van der Waals surface area (Å²) in [6.45, 7) is 3.84. The van der Waals surface area contributed by atoms with Gasteiger partial charge in [0.25, 0.3) is 0 Å². The van der Waals surface area contributed by atoms with Crippen LogP contribution in [-0.4, -0.2) is 46.7 Å². The Morgan fingerprint density at radius 3 is 2.42 bits per heavy atom. The maximum atomic E-state index is 12.6. The molecule has 1 aliphatic rings. The number of aryl methyl sites for hydroxylation is 1. The van der Waals surface area contributed by atoms with Gasteiger partial charge in [-0.15, -0.1) is 0 Å². The number of para-hydroxylation sites is 1. The van der Waals surface area contributed by atoms with E-state index >= 15 is 0 Å². The minimum atomic E-state index is 0.216. The molecule has 1 N–H and O–H groups in total. The van der Waals surface area contributed by atoms with Gasteiger partial charge < -0.3 is 19.5 Å². The Hall–Kier alpha value is -2.95. The van der Waals surface area contributed by atoms with Crippen molar-refractivity contribution in [2.24, 2.45) is 0 Å². The lowest BCUT2D eigenvalue weighted by atomic mass is 10.2. The van der Waals surface area contributed by atoms with Crippen molar-refractivity contribution in [1.29, 1.82) is 0 Å². The fourth-order valence-corrected chi connectivity index (χ4v) is 3.59. The van der Waals surface area contributed by atoms with Crippen molar-refractivity contribution in [2.45, 2.75) is 13.0 Å². The van der Waals surface area contributed by atoms with Gasteiger partial charge in [-0.3, -0.25) is 4.79 Å². The number of fused-ring (bicyclic) bond motifs is 1. The summed E-state index contributed by atoms with van der Waals surface area (Å²) in [5, 5.41) is 10.6. The van der Waals surface area contributed by atoms with Crippen molar-refractivity contribution < 1.29 is 9.90 Å². The molecule has 0 bridgehead atoms. The van der Waals surface area contributed by atoms with Crippen molar-refractivity contribution >= 4 is 22.5 Å². The minimum Gasteiger partial charge on any atom is -0.508 e. The average Bonchev–Trinajstić information content (AvgIpc) is 3.10. The number of phenolic OH excluding ortho intramolecular Hbond substituents is 1. The third-order valence-electron chi connectivity index (χ3n) is 5.09. The summed E-state index contributed by atoms with van der Waals surface area (Å²) in [7, 11) is 0. The van der Waals surface area contributed by atoms with Crippen LogP contribution in [0.3, 0.4) is 0 Å². The second-order valence-electron chi connectivity index (χ2n) is 6.70. The Labute approximate surface area is 153 Å². The van der Waals surface area contributed by atoms with E-state index in [1.165, 1.54) is 10.9 Å². The Morgan fingerprint density at radius 2 is 1.65 bits per heavy atom. The van der Waals surface area contributed by atoms with Crippen molar-refractivity contribution in [3.8, 4) is 5.75 Å². The lowest BCUT2D eigenvalue weighted by molar-refractivity contribution is -0.131. The number of aromatic hydroxyl groups is 1. The summed E-state index contributed by atoms with van der Waals surface area (Å²) in [5.74, 6) is 0.494. The number of aromatic nitrogens is 1. The van der Waals surface area contributed by atoms with E-state index in [4.69, 9.17) is 0 Å². The molecule has 2 aromatic carbocycles. The Morgan fingerprint density at radius 1 is 0.923 bits per heavy atom. The number of amides is 1. The van der Waals surface area contributed by atoms with Gasteiger partial charge in [-0.25, -0.2) is 0 Å². The number of nitrogens with zero attached hydrogens (tertiary/aromatic N) is 3. The van der Waals surface area contributed by atoms with Crippen LogP contribution >= 0.6 is 0 Å². The van der Waals surface area contributed by atoms with Crippen LogP contribution in [0, 0.1) is 0 Å².